The quantitative estimate of drug-likeness (QED) is 0.508. The summed E-state index contributed by atoms with van der Waals surface area (Å²) in [6.45, 7) is 1.51. The zero-order chi connectivity index (χ0) is 27.1. The number of pyridine rings is 1. The fourth-order valence-corrected chi connectivity index (χ4v) is 7.70. The van der Waals surface area contributed by atoms with Gasteiger partial charge in [-0.1, -0.05) is 0 Å². The molecule has 5 heterocycles. The Hall–Kier alpha value is -2.86. The first kappa shape index (κ1) is 26.4. The van der Waals surface area contributed by atoms with E-state index in [1.165, 1.54) is 10.6 Å². The highest BCUT2D eigenvalue weighted by atomic mass is 32.2. The number of halogens is 1. The van der Waals surface area contributed by atoms with Gasteiger partial charge in [0.15, 0.2) is 0 Å². The molecule has 2 aromatic heterocycles. The molecule has 2 atom stereocenters. The van der Waals surface area contributed by atoms with E-state index >= 15 is 0 Å². The highest BCUT2D eigenvalue weighted by Crippen LogP contribution is 2.31. The average molecular weight is 558 g/mol. The number of nitrogens with two attached hydrogens (primary N) is 1. The van der Waals surface area contributed by atoms with Gasteiger partial charge in [-0.25, -0.2) is 14.2 Å². The van der Waals surface area contributed by atoms with Crippen molar-refractivity contribution in [1.82, 2.24) is 29.7 Å². The summed E-state index contributed by atoms with van der Waals surface area (Å²) < 4.78 is 17.1. The van der Waals surface area contributed by atoms with Crippen molar-refractivity contribution in [3.63, 3.8) is 0 Å². The molecule has 2 unspecified atom stereocenters. The largest absolute Gasteiger partial charge is 0.360 e. The second-order valence-corrected chi connectivity index (χ2v) is 12.5. The number of nitrogens with zero attached hydrogens (tertiary/aromatic N) is 4. The summed E-state index contributed by atoms with van der Waals surface area (Å²) >= 11 is 1.85. The predicted molar refractivity (Wildman–Crippen MR) is 149 cm³/mol. The number of thioether (sulfide) groups is 1. The van der Waals surface area contributed by atoms with Crippen molar-refractivity contribution in [3.8, 4) is 0 Å². The van der Waals surface area contributed by atoms with Crippen LogP contribution in [-0.4, -0.2) is 61.7 Å². The minimum absolute atomic E-state index is 0.0428. The number of amides is 1. The summed E-state index contributed by atoms with van der Waals surface area (Å²) in [7, 11) is 0. The number of rotatable bonds is 5. The molecule has 3 fully saturated rings. The lowest BCUT2D eigenvalue weighted by molar-refractivity contribution is -0.118. The van der Waals surface area contributed by atoms with Crippen LogP contribution in [0.1, 0.15) is 63.5 Å². The molecule has 1 saturated carbocycles. The van der Waals surface area contributed by atoms with Gasteiger partial charge in [-0.05, 0) is 81.4 Å². The Bertz CT molecular complexity index is 1390. The Balaban J connectivity index is 1.18. The van der Waals surface area contributed by atoms with Gasteiger partial charge in [-0.15, -0.1) is 0 Å². The van der Waals surface area contributed by atoms with Crippen molar-refractivity contribution in [2.24, 2.45) is 11.7 Å². The molecule has 0 spiro atoms. The van der Waals surface area contributed by atoms with Crippen LogP contribution in [0.4, 0.5) is 4.39 Å². The molecule has 3 aliphatic heterocycles. The average Bonchev–Trinajstić information content (AvgIpc) is 3.39. The molecule has 4 N–H and O–H groups in total. The molecule has 210 valence electrons. The first-order valence-electron chi connectivity index (χ1n) is 14.1. The third-order valence-electron chi connectivity index (χ3n) is 8.79. The Kier molecular flexibility index (Phi) is 7.41. The number of hydrogen-bond acceptors (Lipinski definition) is 8. The van der Waals surface area contributed by atoms with Crippen LogP contribution in [0.25, 0.3) is 11.0 Å². The maximum atomic E-state index is 14.1. The predicted octanol–water partition coefficient (Wildman–Crippen LogP) is 1.81. The minimum atomic E-state index is -0.591. The van der Waals surface area contributed by atoms with E-state index < -0.39 is 11.4 Å². The number of aromatic nitrogens is 3. The SMILES string of the molecule is NCC1CCC2NC(C(=O)NC3CCC(n4c(=O)c5cc(F)cnc5n(C5CCSCC5)c4=O)CC3)=CN2C1. The first-order chi connectivity index (χ1) is 18.9. The number of fused-ring (bicyclic) bond motifs is 2. The molecule has 1 aliphatic carbocycles. The van der Waals surface area contributed by atoms with E-state index in [1.54, 1.807) is 4.57 Å². The van der Waals surface area contributed by atoms with Crippen molar-refractivity contribution in [3.05, 3.63) is 50.8 Å². The molecule has 12 heteroatoms. The smallest absolute Gasteiger partial charge is 0.333 e. The summed E-state index contributed by atoms with van der Waals surface area (Å²) in [5.41, 5.74) is 5.85. The number of piperidine rings is 1. The number of carbonyl (C=O) groups excluding carboxylic acids is 1. The summed E-state index contributed by atoms with van der Waals surface area (Å²) in [5.74, 6) is 1.59. The minimum Gasteiger partial charge on any atom is -0.360 e. The van der Waals surface area contributed by atoms with Gasteiger partial charge in [-0.2, -0.15) is 11.8 Å². The van der Waals surface area contributed by atoms with Crippen LogP contribution in [0.15, 0.2) is 33.7 Å². The fourth-order valence-electron chi connectivity index (χ4n) is 6.61. The zero-order valence-corrected chi connectivity index (χ0v) is 22.8. The summed E-state index contributed by atoms with van der Waals surface area (Å²) in [6.07, 6.45) is 9.21. The number of nitrogens with one attached hydrogen (secondary N) is 2. The molecule has 0 aromatic carbocycles. The van der Waals surface area contributed by atoms with Gasteiger partial charge in [0, 0.05) is 30.9 Å². The summed E-state index contributed by atoms with van der Waals surface area (Å²) in [5, 5.41) is 6.63. The van der Waals surface area contributed by atoms with Crippen LogP contribution in [0.5, 0.6) is 0 Å². The van der Waals surface area contributed by atoms with Gasteiger partial charge in [0.25, 0.3) is 11.5 Å². The van der Waals surface area contributed by atoms with Crippen molar-refractivity contribution in [2.75, 3.05) is 24.6 Å². The second-order valence-electron chi connectivity index (χ2n) is 11.3. The number of carbonyl (C=O) groups is 1. The van der Waals surface area contributed by atoms with E-state index in [9.17, 15) is 18.8 Å². The van der Waals surface area contributed by atoms with Gasteiger partial charge in [0.2, 0.25) is 0 Å². The first-order valence-corrected chi connectivity index (χ1v) is 15.2. The van der Waals surface area contributed by atoms with Crippen LogP contribution in [0.2, 0.25) is 0 Å². The van der Waals surface area contributed by atoms with Crippen LogP contribution in [-0.2, 0) is 4.79 Å². The molecule has 2 saturated heterocycles. The van der Waals surface area contributed by atoms with Crippen LogP contribution in [0, 0.1) is 11.7 Å². The molecule has 39 heavy (non-hydrogen) atoms. The maximum absolute atomic E-state index is 14.1. The summed E-state index contributed by atoms with van der Waals surface area (Å²) in [4.78, 5) is 46.6. The second kappa shape index (κ2) is 11.0. The standard InChI is InChI=1S/C27H36FN7O3S/c28-17-11-21-24(30-13-17)34(20-7-9-39-10-8-20)27(38)35(26(21)37)19-4-2-18(3-5-19)31-25(36)22-15-33-14-16(12-29)1-6-23(33)32-22/h11,13,15-16,18-20,23,32H,1-10,12,14,29H2,(H,31,36). The van der Waals surface area contributed by atoms with Crippen LogP contribution < -0.4 is 27.6 Å². The summed E-state index contributed by atoms with van der Waals surface area (Å²) in [6, 6.07) is 0.792. The Labute approximate surface area is 230 Å². The normalized spacial score (nSPS) is 27.6. The van der Waals surface area contributed by atoms with Gasteiger partial charge < -0.3 is 21.3 Å². The van der Waals surface area contributed by atoms with E-state index in [1.807, 2.05) is 18.0 Å². The van der Waals surface area contributed by atoms with Gasteiger partial charge >= 0.3 is 5.69 Å². The molecular formula is C27H36FN7O3S. The zero-order valence-electron chi connectivity index (χ0n) is 22.0. The lowest BCUT2D eigenvalue weighted by Crippen LogP contribution is -2.47. The topological polar surface area (TPSA) is 127 Å². The molecule has 1 amide bonds. The molecule has 4 aliphatic rings. The van der Waals surface area contributed by atoms with Crippen molar-refractivity contribution in [2.45, 2.75) is 75.7 Å². The monoisotopic (exact) mass is 557 g/mol. The van der Waals surface area contributed by atoms with Crippen LogP contribution >= 0.6 is 11.8 Å². The van der Waals surface area contributed by atoms with Gasteiger partial charge in [-0.3, -0.25) is 18.7 Å². The molecule has 10 nitrogen and oxygen atoms in total. The lowest BCUT2D eigenvalue weighted by atomic mass is 9.90. The van der Waals surface area contributed by atoms with Crippen molar-refractivity contribution in [1.29, 1.82) is 0 Å². The van der Waals surface area contributed by atoms with Gasteiger partial charge in [0.05, 0.1) is 17.7 Å². The fraction of sp³-hybridized carbons (Fsp3) is 0.630. The highest BCUT2D eigenvalue weighted by Gasteiger charge is 2.34. The molecule has 6 rings (SSSR count). The lowest BCUT2D eigenvalue weighted by Gasteiger charge is -2.35. The van der Waals surface area contributed by atoms with Crippen molar-refractivity contribution >= 4 is 28.7 Å². The van der Waals surface area contributed by atoms with E-state index in [4.69, 9.17) is 5.73 Å². The molecule has 0 bridgehead atoms. The third-order valence-corrected chi connectivity index (χ3v) is 9.84. The Morgan fingerprint density at radius 3 is 2.56 bits per heavy atom. The number of hydrogen-bond donors (Lipinski definition) is 3. The van der Waals surface area contributed by atoms with E-state index in [0.717, 1.165) is 49.9 Å². The molecular weight excluding hydrogens is 521 g/mol. The van der Waals surface area contributed by atoms with E-state index in [0.29, 0.717) is 43.8 Å². The van der Waals surface area contributed by atoms with Crippen molar-refractivity contribution < 1.29 is 9.18 Å². The maximum Gasteiger partial charge on any atom is 0.333 e. The highest BCUT2D eigenvalue weighted by molar-refractivity contribution is 7.99. The van der Waals surface area contributed by atoms with Crippen LogP contribution in [0.3, 0.4) is 0 Å². The molecule has 2 aromatic rings. The molecule has 0 radical (unpaired) electrons. The van der Waals surface area contributed by atoms with Gasteiger partial charge in [0.1, 0.15) is 17.2 Å². The van der Waals surface area contributed by atoms with E-state index in [-0.39, 0.29) is 46.9 Å². The Morgan fingerprint density at radius 2 is 1.82 bits per heavy atom. The third kappa shape index (κ3) is 5.08. The van der Waals surface area contributed by atoms with E-state index in [2.05, 4.69) is 20.5 Å². The Morgan fingerprint density at radius 1 is 1.08 bits per heavy atom.